The van der Waals surface area contributed by atoms with E-state index in [0.29, 0.717) is 24.6 Å². The summed E-state index contributed by atoms with van der Waals surface area (Å²) in [6.07, 6.45) is 2.75. The maximum absolute atomic E-state index is 11.8. The SMILES string of the molecule is N/N=C\N(N)CCNC(=O)c1cc(-c2ccco2)on1. The molecule has 0 radical (unpaired) electrons. The third-order valence-electron chi connectivity index (χ3n) is 2.38. The molecule has 20 heavy (non-hydrogen) atoms. The van der Waals surface area contributed by atoms with Crippen molar-refractivity contribution in [3.8, 4) is 11.5 Å². The first-order valence-electron chi connectivity index (χ1n) is 5.74. The van der Waals surface area contributed by atoms with Gasteiger partial charge >= 0.3 is 0 Å². The minimum absolute atomic E-state index is 0.160. The maximum Gasteiger partial charge on any atom is 0.273 e. The van der Waals surface area contributed by atoms with Gasteiger partial charge in [0.2, 0.25) is 5.76 Å². The molecule has 0 saturated carbocycles. The normalized spacial score (nSPS) is 10.8. The molecule has 106 valence electrons. The third kappa shape index (κ3) is 3.36. The molecule has 2 rings (SSSR count). The number of rotatable bonds is 6. The molecule has 0 aliphatic heterocycles. The standard InChI is InChI=1S/C11H14N6O3/c12-15-7-17(13)4-3-14-11(18)8-6-10(20-16-8)9-2-1-5-19-9/h1-2,5-7H,3-4,12-13H2,(H,14,18)/b15-7-. The topological polar surface area (TPSA) is 136 Å². The van der Waals surface area contributed by atoms with Crippen molar-refractivity contribution in [2.45, 2.75) is 0 Å². The number of carbonyl (C=O) groups excluding carboxylic acids is 1. The summed E-state index contributed by atoms with van der Waals surface area (Å²) in [7, 11) is 0. The first kappa shape index (κ1) is 13.6. The number of aromatic nitrogens is 1. The van der Waals surface area contributed by atoms with Crippen LogP contribution in [0.15, 0.2) is 38.5 Å². The third-order valence-corrected chi connectivity index (χ3v) is 2.38. The molecular weight excluding hydrogens is 264 g/mol. The van der Waals surface area contributed by atoms with E-state index in [4.69, 9.17) is 20.6 Å². The number of hydrogen-bond acceptors (Lipinski definition) is 7. The molecule has 0 fully saturated rings. The van der Waals surface area contributed by atoms with E-state index in [1.807, 2.05) is 0 Å². The summed E-state index contributed by atoms with van der Waals surface area (Å²) in [6, 6.07) is 4.92. The fourth-order valence-corrected chi connectivity index (χ4v) is 1.45. The van der Waals surface area contributed by atoms with Crippen molar-refractivity contribution < 1.29 is 13.7 Å². The van der Waals surface area contributed by atoms with Gasteiger partial charge in [-0.15, -0.1) is 0 Å². The second-order valence-electron chi connectivity index (χ2n) is 3.81. The Morgan fingerprint density at radius 2 is 2.40 bits per heavy atom. The number of nitrogens with two attached hydrogens (primary N) is 2. The number of furan rings is 1. The highest BCUT2D eigenvalue weighted by Crippen LogP contribution is 2.20. The van der Waals surface area contributed by atoms with Gasteiger partial charge in [-0.2, -0.15) is 5.10 Å². The molecule has 0 atom stereocenters. The second kappa shape index (κ2) is 6.38. The van der Waals surface area contributed by atoms with Gasteiger partial charge in [0.25, 0.3) is 5.91 Å². The molecule has 1 amide bonds. The Morgan fingerprint density at radius 1 is 1.55 bits per heavy atom. The molecule has 0 aliphatic carbocycles. The summed E-state index contributed by atoms with van der Waals surface area (Å²) in [6.45, 7) is 0.666. The van der Waals surface area contributed by atoms with Crippen molar-refractivity contribution in [1.29, 1.82) is 0 Å². The van der Waals surface area contributed by atoms with Crippen molar-refractivity contribution in [1.82, 2.24) is 15.5 Å². The smallest absolute Gasteiger partial charge is 0.273 e. The Balaban J connectivity index is 1.87. The number of hydrazone groups is 1. The van der Waals surface area contributed by atoms with Gasteiger partial charge in [0.05, 0.1) is 12.8 Å². The molecule has 2 aromatic rings. The highest BCUT2D eigenvalue weighted by molar-refractivity contribution is 5.92. The van der Waals surface area contributed by atoms with E-state index in [1.54, 1.807) is 12.1 Å². The first-order chi connectivity index (χ1) is 9.70. The lowest BCUT2D eigenvalue weighted by atomic mass is 10.3. The van der Waals surface area contributed by atoms with Crippen LogP contribution in [0.2, 0.25) is 0 Å². The van der Waals surface area contributed by atoms with Crippen LogP contribution in [0, 0.1) is 0 Å². The van der Waals surface area contributed by atoms with E-state index in [9.17, 15) is 4.79 Å². The van der Waals surface area contributed by atoms with Crippen LogP contribution in [-0.4, -0.2) is 35.5 Å². The first-order valence-corrected chi connectivity index (χ1v) is 5.74. The zero-order valence-corrected chi connectivity index (χ0v) is 10.5. The molecule has 0 saturated heterocycles. The van der Waals surface area contributed by atoms with Gasteiger partial charge in [-0.1, -0.05) is 5.16 Å². The fraction of sp³-hybridized carbons (Fsp3) is 0.182. The van der Waals surface area contributed by atoms with Crippen molar-refractivity contribution in [2.24, 2.45) is 16.8 Å². The van der Waals surface area contributed by atoms with E-state index in [0.717, 1.165) is 0 Å². The van der Waals surface area contributed by atoms with Crippen LogP contribution in [0.4, 0.5) is 0 Å². The van der Waals surface area contributed by atoms with Crippen LogP contribution in [0.1, 0.15) is 10.5 Å². The monoisotopic (exact) mass is 278 g/mol. The molecule has 9 heteroatoms. The molecule has 5 N–H and O–H groups in total. The van der Waals surface area contributed by atoms with E-state index < -0.39 is 0 Å². The van der Waals surface area contributed by atoms with Gasteiger partial charge in [0, 0.05) is 12.6 Å². The van der Waals surface area contributed by atoms with Crippen LogP contribution >= 0.6 is 0 Å². The molecule has 0 aromatic carbocycles. The average molecular weight is 278 g/mol. The van der Waals surface area contributed by atoms with Gasteiger partial charge in [0.15, 0.2) is 11.5 Å². The largest absolute Gasteiger partial charge is 0.461 e. The van der Waals surface area contributed by atoms with Crippen LogP contribution in [0.25, 0.3) is 11.5 Å². The predicted octanol–water partition coefficient (Wildman–Crippen LogP) is -0.258. The van der Waals surface area contributed by atoms with Gasteiger partial charge < -0.3 is 20.1 Å². The highest BCUT2D eigenvalue weighted by atomic mass is 16.5. The summed E-state index contributed by atoms with van der Waals surface area (Å²) in [5, 5.41) is 10.8. The fourth-order valence-electron chi connectivity index (χ4n) is 1.45. The van der Waals surface area contributed by atoms with E-state index in [2.05, 4.69) is 15.6 Å². The van der Waals surface area contributed by atoms with Gasteiger partial charge in [0.1, 0.15) is 6.34 Å². The summed E-state index contributed by atoms with van der Waals surface area (Å²) in [5.41, 5.74) is 0.160. The van der Waals surface area contributed by atoms with E-state index >= 15 is 0 Å². The highest BCUT2D eigenvalue weighted by Gasteiger charge is 2.14. The zero-order valence-electron chi connectivity index (χ0n) is 10.5. The number of hydrogen-bond donors (Lipinski definition) is 3. The Bertz CT molecular complexity index is 577. The molecule has 0 spiro atoms. The number of nitrogens with one attached hydrogen (secondary N) is 1. The van der Waals surface area contributed by atoms with Crippen molar-refractivity contribution >= 4 is 12.2 Å². The molecule has 0 unspecified atom stereocenters. The molecule has 9 nitrogen and oxygen atoms in total. The van der Waals surface area contributed by atoms with Gasteiger partial charge in [-0.3, -0.25) is 9.80 Å². The number of nitrogens with zero attached hydrogens (tertiary/aromatic N) is 3. The zero-order chi connectivity index (χ0) is 14.4. The summed E-state index contributed by atoms with van der Waals surface area (Å²) >= 11 is 0. The maximum atomic E-state index is 11.8. The number of hydrazine groups is 1. The Labute approximate surface area is 114 Å². The average Bonchev–Trinajstić information content (AvgIpc) is 3.10. The lowest BCUT2D eigenvalue weighted by molar-refractivity contribution is 0.0942. The van der Waals surface area contributed by atoms with Crippen molar-refractivity contribution in [3.05, 3.63) is 30.2 Å². The molecule has 2 heterocycles. The van der Waals surface area contributed by atoms with Crippen LogP contribution in [0.5, 0.6) is 0 Å². The van der Waals surface area contributed by atoms with E-state index in [-0.39, 0.29) is 11.6 Å². The van der Waals surface area contributed by atoms with Crippen LogP contribution in [-0.2, 0) is 0 Å². The molecule has 0 aliphatic rings. The molecule has 2 aromatic heterocycles. The van der Waals surface area contributed by atoms with Crippen LogP contribution < -0.4 is 17.0 Å². The Morgan fingerprint density at radius 3 is 3.10 bits per heavy atom. The van der Waals surface area contributed by atoms with Crippen molar-refractivity contribution in [2.75, 3.05) is 13.1 Å². The minimum atomic E-state index is -0.371. The summed E-state index contributed by atoms with van der Waals surface area (Å²) < 4.78 is 10.2. The van der Waals surface area contributed by atoms with Gasteiger partial charge in [-0.05, 0) is 12.1 Å². The summed E-state index contributed by atoms with van der Waals surface area (Å²) in [4.78, 5) is 11.8. The Kier molecular flexibility index (Phi) is 4.35. The lowest BCUT2D eigenvalue weighted by Crippen LogP contribution is -2.38. The van der Waals surface area contributed by atoms with Gasteiger partial charge in [-0.25, -0.2) is 5.84 Å². The van der Waals surface area contributed by atoms with Crippen LogP contribution in [0.3, 0.4) is 0 Å². The predicted molar refractivity (Wildman–Crippen MR) is 70.1 cm³/mol. The molecular formula is C11H14N6O3. The second-order valence-corrected chi connectivity index (χ2v) is 3.81. The quantitative estimate of drug-likeness (QED) is 0.286. The number of carbonyl (C=O) groups is 1. The summed E-state index contributed by atoms with van der Waals surface area (Å²) in [5.74, 6) is 10.9. The van der Waals surface area contributed by atoms with E-state index in [1.165, 1.54) is 23.7 Å². The minimum Gasteiger partial charge on any atom is -0.461 e. The molecule has 0 bridgehead atoms. The lowest BCUT2D eigenvalue weighted by Gasteiger charge is -2.11. The number of amides is 1. The van der Waals surface area contributed by atoms with Crippen molar-refractivity contribution in [3.63, 3.8) is 0 Å². The Hall–Kier alpha value is -2.81.